The average Bonchev–Trinajstić information content (AvgIpc) is 2.56. The zero-order valence-electron chi connectivity index (χ0n) is 12.8. The van der Waals surface area contributed by atoms with E-state index in [0.717, 1.165) is 0 Å². The van der Waals surface area contributed by atoms with Crippen LogP contribution in [0.2, 0.25) is 10.0 Å². The first-order valence-electron chi connectivity index (χ1n) is 7.24. The Hall–Kier alpha value is -2.24. The van der Waals surface area contributed by atoms with Crippen molar-refractivity contribution >= 4 is 40.7 Å². The number of nitrogens with zero attached hydrogens (tertiary/aromatic N) is 1. The fourth-order valence-corrected chi connectivity index (χ4v) is 2.95. The van der Waals surface area contributed by atoms with Gasteiger partial charge >= 0.3 is 0 Å². The maximum atomic E-state index is 12.4. The van der Waals surface area contributed by atoms with Gasteiger partial charge in [-0.15, -0.1) is 0 Å². The molecule has 1 unspecified atom stereocenters. The summed E-state index contributed by atoms with van der Waals surface area (Å²) in [5.74, 6) is -0.0193. The van der Waals surface area contributed by atoms with Crippen molar-refractivity contribution in [3.63, 3.8) is 0 Å². The average molecular weight is 365 g/mol. The quantitative estimate of drug-likeness (QED) is 0.909. The van der Waals surface area contributed by atoms with Crippen LogP contribution in [0, 0.1) is 0 Å². The highest BCUT2D eigenvalue weighted by Crippen LogP contribution is 2.32. The van der Waals surface area contributed by atoms with E-state index in [4.69, 9.17) is 27.9 Å². The predicted octanol–water partition coefficient (Wildman–Crippen LogP) is 3.15. The number of benzene rings is 2. The molecule has 1 heterocycles. The highest BCUT2D eigenvalue weighted by molar-refractivity contribution is 6.36. The predicted molar refractivity (Wildman–Crippen MR) is 93.1 cm³/mol. The Kier molecular flexibility index (Phi) is 4.64. The second kappa shape index (κ2) is 6.71. The highest BCUT2D eigenvalue weighted by atomic mass is 35.5. The van der Waals surface area contributed by atoms with Crippen LogP contribution in [0.25, 0.3) is 0 Å². The standard InChI is InChI=1S/C17H14Cl2N2O3/c1-21-13-4-2-3-5-14(13)24-15(17(21)23)9-20-16(22)11-7-6-10(18)8-12(11)19/h2-8,15H,9H2,1H3,(H,20,22). The molecule has 3 rings (SSSR count). The molecule has 2 amide bonds. The molecule has 0 spiro atoms. The number of likely N-dealkylation sites (N-methyl/N-ethyl adjacent to an activating group) is 1. The van der Waals surface area contributed by atoms with Crippen LogP contribution in [0.5, 0.6) is 5.75 Å². The van der Waals surface area contributed by atoms with Gasteiger partial charge in [-0.2, -0.15) is 0 Å². The molecule has 0 saturated carbocycles. The Labute approximate surface area is 149 Å². The van der Waals surface area contributed by atoms with Gasteiger partial charge in [0.05, 0.1) is 22.8 Å². The number of carbonyl (C=O) groups is 2. The van der Waals surface area contributed by atoms with Crippen LogP contribution >= 0.6 is 23.2 Å². The molecular formula is C17H14Cl2N2O3. The molecule has 0 aromatic heterocycles. The van der Waals surface area contributed by atoms with Gasteiger partial charge in [0.2, 0.25) is 0 Å². The van der Waals surface area contributed by atoms with Gasteiger partial charge in [-0.25, -0.2) is 0 Å². The molecule has 1 aliphatic heterocycles. The summed E-state index contributed by atoms with van der Waals surface area (Å²) in [6.45, 7) is 0.0370. The number of fused-ring (bicyclic) bond motifs is 1. The SMILES string of the molecule is CN1C(=O)C(CNC(=O)c2ccc(Cl)cc2Cl)Oc2ccccc21. The third kappa shape index (κ3) is 3.18. The maximum absolute atomic E-state index is 12.4. The molecule has 0 aliphatic carbocycles. The minimum Gasteiger partial charge on any atom is -0.477 e. The number of nitrogens with one attached hydrogen (secondary N) is 1. The normalized spacial score (nSPS) is 16.4. The Morgan fingerprint density at radius 3 is 2.75 bits per heavy atom. The fourth-order valence-electron chi connectivity index (χ4n) is 2.46. The van der Waals surface area contributed by atoms with Crippen LogP contribution in [0.1, 0.15) is 10.4 Å². The summed E-state index contributed by atoms with van der Waals surface area (Å²) in [5, 5.41) is 3.37. The molecular weight excluding hydrogens is 351 g/mol. The van der Waals surface area contributed by atoms with E-state index in [1.165, 1.54) is 17.0 Å². The molecule has 0 radical (unpaired) electrons. The van der Waals surface area contributed by atoms with Crippen LogP contribution in [0.4, 0.5) is 5.69 Å². The van der Waals surface area contributed by atoms with Gasteiger partial charge in [0.25, 0.3) is 11.8 Å². The molecule has 24 heavy (non-hydrogen) atoms. The smallest absolute Gasteiger partial charge is 0.269 e. The number of ether oxygens (including phenoxy) is 1. The van der Waals surface area contributed by atoms with Crippen molar-refractivity contribution in [1.29, 1.82) is 0 Å². The zero-order chi connectivity index (χ0) is 17.3. The summed E-state index contributed by atoms with van der Waals surface area (Å²) < 4.78 is 5.69. The third-order valence-corrected chi connectivity index (χ3v) is 4.27. The van der Waals surface area contributed by atoms with E-state index in [0.29, 0.717) is 16.5 Å². The topological polar surface area (TPSA) is 58.6 Å². The molecule has 7 heteroatoms. The molecule has 1 aliphatic rings. The van der Waals surface area contributed by atoms with E-state index in [9.17, 15) is 9.59 Å². The Balaban J connectivity index is 1.71. The second-order valence-electron chi connectivity index (χ2n) is 5.31. The summed E-state index contributed by atoms with van der Waals surface area (Å²) in [6.07, 6.45) is -0.792. The van der Waals surface area contributed by atoms with Gasteiger partial charge in [0.15, 0.2) is 6.10 Å². The molecule has 0 bridgehead atoms. The number of hydrogen-bond donors (Lipinski definition) is 1. The number of anilines is 1. The van der Waals surface area contributed by atoms with Crippen molar-refractivity contribution in [2.24, 2.45) is 0 Å². The molecule has 0 saturated heterocycles. The third-order valence-electron chi connectivity index (χ3n) is 3.73. The van der Waals surface area contributed by atoms with E-state index >= 15 is 0 Å². The highest BCUT2D eigenvalue weighted by Gasteiger charge is 2.32. The van der Waals surface area contributed by atoms with Crippen LogP contribution in [-0.4, -0.2) is 31.5 Å². The Morgan fingerprint density at radius 1 is 1.25 bits per heavy atom. The largest absolute Gasteiger partial charge is 0.477 e. The molecule has 1 atom stereocenters. The fraction of sp³-hybridized carbons (Fsp3) is 0.176. The lowest BCUT2D eigenvalue weighted by Gasteiger charge is -2.31. The van der Waals surface area contributed by atoms with Crippen molar-refractivity contribution in [2.45, 2.75) is 6.10 Å². The van der Waals surface area contributed by atoms with Crippen molar-refractivity contribution < 1.29 is 14.3 Å². The van der Waals surface area contributed by atoms with E-state index in [-0.39, 0.29) is 23.0 Å². The molecule has 124 valence electrons. The second-order valence-corrected chi connectivity index (χ2v) is 6.15. The Bertz CT molecular complexity index is 810. The molecule has 1 N–H and O–H groups in total. The maximum Gasteiger partial charge on any atom is 0.269 e. The monoisotopic (exact) mass is 364 g/mol. The summed E-state index contributed by atoms with van der Waals surface area (Å²) in [6, 6.07) is 11.8. The summed E-state index contributed by atoms with van der Waals surface area (Å²) in [5.41, 5.74) is 0.990. The van der Waals surface area contributed by atoms with Crippen molar-refractivity contribution in [3.05, 3.63) is 58.1 Å². The lowest BCUT2D eigenvalue weighted by molar-refractivity contribution is -0.125. The van der Waals surface area contributed by atoms with Crippen LogP contribution in [0.15, 0.2) is 42.5 Å². The lowest BCUT2D eigenvalue weighted by Crippen LogP contribution is -2.49. The van der Waals surface area contributed by atoms with E-state index in [1.54, 1.807) is 25.2 Å². The lowest BCUT2D eigenvalue weighted by atomic mass is 10.1. The van der Waals surface area contributed by atoms with Crippen LogP contribution in [0.3, 0.4) is 0 Å². The van der Waals surface area contributed by atoms with Gasteiger partial charge in [0.1, 0.15) is 5.75 Å². The number of amides is 2. The van der Waals surface area contributed by atoms with E-state index in [2.05, 4.69) is 5.32 Å². The number of para-hydroxylation sites is 2. The van der Waals surface area contributed by atoms with Crippen LogP contribution in [-0.2, 0) is 4.79 Å². The minimum atomic E-state index is -0.792. The molecule has 5 nitrogen and oxygen atoms in total. The number of rotatable bonds is 3. The van der Waals surface area contributed by atoms with Gasteiger partial charge in [-0.3, -0.25) is 9.59 Å². The van der Waals surface area contributed by atoms with Gasteiger partial charge < -0.3 is 15.0 Å². The van der Waals surface area contributed by atoms with Crippen LogP contribution < -0.4 is 15.0 Å². The number of hydrogen-bond acceptors (Lipinski definition) is 3. The van der Waals surface area contributed by atoms with Crippen molar-refractivity contribution in [1.82, 2.24) is 5.32 Å². The van der Waals surface area contributed by atoms with Crippen molar-refractivity contribution in [3.8, 4) is 5.75 Å². The summed E-state index contributed by atoms with van der Waals surface area (Å²) >= 11 is 11.8. The molecule has 2 aromatic carbocycles. The summed E-state index contributed by atoms with van der Waals surface area (Å²) in [7, 11) is 1.68. The first kappa shape index (κ1) is 16.6. The number of carbonyl (C=O) groups excluding carboxylic acids is 2. The van der Waals surface area contributed by atoms with E-state index in [1.807, 2.05) is 12.1 Å². The van der Waals surface area contributed by atoms with Gasteiger partial charge in [-0.05, 0) is 30.3 Å². The first-order chi connectivity index (χ1) is 11.5. The van der Waals surface area contributed by atoms with E-state index < -0.39 is 12.0 Å². The Morgan fingerprint density at radius 2 is 2.00 bits per heavy atom. The molecule has 2 aromatic rings. The van der Waals surface area contributed by atoms with Crippen molar-refractivity contribution in [2.75, 3.05) is 18.5 Å². The zero-order valence-corrected chi connectivity index (χ0v) is 14.3. The molecule has 0 fully saturated rings. The first-order valence-corrected chi connectivity index (χ1v) is 7.99. The minimum absolute atomic E-state index is 0.0370. The summed E-state index contributed by atoms with van der Waals surface area (Å²) in [4.78, 5) is 26.1. The van der Waals surface area contributed by atoms with Gasteiger partial charge in [-0.1, -0.05) is 35.3 Å². The van der Waals surface area contributed by atoms with Gasteiger partial charge in [0, 0.05) is 12.1 Å². The number of halogens is 2.